The summed E-state index contributed by atoms with van der Waals surface area (Å²) < 4.78 is 19.0. The van der Waals surface area contributed by atoms with Gasteiger partial charge in [-0.05, 0) is 42.6 Å². The van der Waals surface area contributed by atoms with E-state index in [0.29, 0.717) is 22.5 Å². The van der Waals surface area contributed by atoms with Crippen molar-refractivity contribution in [2.75, 3.05) is 0 Å². The maximum absolute atomic E-state index is 13.0. The highest BCUT2D eigenvalue weighted by Gasteiger charge is 2.15. The van der Waals surface area contributed by atoms with Crippen molar-refractivity contribution in [3.63, 3.8) is 0 Å². The summed E-state index contributed by atoms with van der Waals surface area (Å²) in [5.74, 6) is 0.476. The molecule has 0 fully saturated rings. The summed E-state index contributed by atoms with van der Waals surface area (Å²) in [6, 6.07) is 6.20. The molecule has 2 aromatic heterocycles. The molecule has 0 unspecified atom stereocenters. The van der Waals surface area contributed by atoms with Crippen LogP contribution in [0.25, 0.3) is 10.2 Å². The first-order chi connectivity index (χ1) is 10.6. The highest BCUT2D eigenvalue weighted by Crippen LogP contribution is 2.18. The van der Waals surface area contributed by atoms with Gasteiger partial charge in [0, 0.05) is 6.42 Å². The maximum atomic E-state index is 13.0. The van der Waals surface area contributed by atoms with Crippen LogP contribution in [0.3, 0.4) is 0 Å². The van der Waals surface area contributed by atoms with E-state index < -0.39 is 0 Å². The Morgan fingerprint density at radius 2 is 2.00 bits per heavy atom. The second kappa shape index (κ2) is 5.96. The highest BCUT2D eigenvalue weighted by atomic mass is 32.1. The summed E-state index contributed by atoms with van der Waals surface area (Å²) in [4.78, 5) is 18.1. The number of aromatic nitrogens is 3. The molecule has 0 aliphatic rings. The Bertz CT molecular complexity index is 867. The number of nitrogens with zero attached hydrogens (tertiary/aromatic N) is 3. The summed E-state index contributed by atoms with van der Waals surface area (Å²) in [5, 5.41) is 0.590. The van der Waals surface area contributed by atoms with Crippen molar-refractivity contribution in [2.24, 2.45) is 0 Å². The van der Waals surface area contributed by atoms with Gasteiger partial charge in [-0.25, -0.2) is 9.37 Å². The first-order valence-electron chi connectivity index (χ1n) is 7.20. The minimum Gasteiger partial charge on any atom is -0.292 e. The molecular weight excluding hydrogens is 301 g/mol. The van der Waals surface area contributed by atoms with E-state index in [1.807, 2.05) is 6.92 Å². The molecule has 3 aromatic rings. The average Bonchev–Trinajstić information content (AvgIpc) is 2.87. The molecule has 114 valence electrons. The summed E-state index contributed by atoms with van der Waals surface area (Å²) in [6.07, 6.45) is 1.63. The third-order valence-electron chi connectivity index (χ3n) is 3.57. The smallest absolute Gasteiger partial charge is 0.264 e. The van der Waals surface area contributed by atoms with Gasteiger partial charge >= 0.3 is 0 Å². The molecule has 22 heavy (non-hydrogen) atoms. The number of halogens is 1. The third kappa shape index (κ3) is 2.66. The van der Waals surface area contributed by atoms with Gasteiger partial charge in [0.05, 0.1) is 17.6 Å². The maximum Gasteiger partial charge on any atom is 0.264 e. The number of fused-ring (bicyclic) bond motifs is 1. The van der Waals surface area contributed by atoms with Gasteiger partial charge in [0.25, 0.3) is 5.56 Å². The number of aryl methyl sites for hydroxylation is 2. The van der Waals surface area contributed by atoms with E-state index in [2.05, 4.69) is 16.3 Å². The molecule has 0 atom stereocenters. The van der Waals surface area contributed by atoms with Crippen LogP contribution in [0, 0.1) is 12.7 Å². The van der Waals surface area contributed by atoms with Crippen molar-refractivity contribution in [3.05, 3.63) is 57.5 Å². The normalized spacial score (nSPS) is 11.2. The molecule has 0 saturated heterocycles. The second-order valence-corrected chi connectivity index (χ2v) is 6.00. The van der Waals surface area contributed by atoms with E-state index >= 15 is 0 Å². The van der Waals surface area contributed by atoms with Crippen molar-refractivity contribution in [1.82, 2.24) is 13.9 Å². The van der Waals surface area contributed by atoms with E-state index in [0.717, 1.165) is 24.2 Å². The molecule has 4 nitrogen and oxygen atoms in total. The highest BCUT2D eigenvalue weighted by molar-refractivity contribution is 7.12. The third-order valence-corrected chi connectivity index (χ3v) is 4.41. The molecule has 0 spiro atoms. The first-order valence-corrected chi connectivity index (χ1v) is 7.97. The molecule has 0 aliphatic heterocycles. The van der Waals surface area contributed by atoms with Crippen LogP contribution in [0.5, 0.6) is 0 Å². The molecule has 0 bridgehead atoms. The summed E-state index contributed by atoms with van der Waals surface area (Å²) in [5.41, 5.74) is 1.53. The number of hydrogen-bond acceptors (Lipinski definition) is 4. The van der Waals surface area contributed by atoms with E-state index in [1.54, 1.807) is 16.7 Å². The average molecular weight is 317 g/mol. The minimum atomic E-state index is -0.281. The van der Waals surface area contributed by atoms with E-state index in [4.69, 9.17) is 0 Å². The zero-order valence-corrected chi connectivity index (χ0v) is 13.3. The van der Waals surface area contributed by atoms with Crippen LogP contribution in [-0.4, -0.2) is 13.9 Å². The van der Waals surface area contributed by atoms with E-state index in [1.165, 1.54) is 23.7 Å². The molecule has 0 N–H and O–H groups in total. The topological polar surface area (TPSA) is 47.8 Å². The number of rotatable bonds is 4. The van der Waals surface area contributed by atoms with Crippen LogP contribution in [0.15, 0.2) is 29.1 Å². The van der Waals surface area contributed by atoms with Crippen molar-refractivity contribution < 1.29 is 4.39 Å². The summed E-state index contributed by atoms with van der Waals surface area (Å²) in [7, 11) is 0. The van der Waals surface area contributed by atoms with E-state index in [-0.39, 0.29) is 11.4 Å². The Morgan fingerprint density at radius 3 is 2.68 bits per heavy atom. The van der Waals surface area contributed by atoms with Crippen molar-refractivity contribution >= 4 is 21.7 Å². The van der Waals surface area contributed by atoms with Crippen LogP contribution in [-0.2, 0) is 13.0 Å². The fourth-order valence-electron chi connectivity index (χ4n) is 2.46. The Hall–Kier alpha value is -2.08. The van der Waals surface area contributed by atoms with Crippen LogP contribution in [0.4, 0.5) is 4.39 Å². The molecule has 0 aliphatic carbocycles. The van der Waals surface area contributed by atoms with Crippen molar-refractivity contribution in [3.8, 4) is 0 Å². The van der Waals surface area contributed by atoms with Gasteiger partial charge in [0.2, 0.25) is 0 Å². The SMILES string of the molecule is CCCc1nc2snc(C)c2c(=O)n1Cc1ccc(F)cc1. The molecule has 3 rings (SSSR count). The zero-order chi connectivity index (χ0) is 15.7. The van der Waals surface area contributed by atoms with Gasteiger partial charge < -0.3 is 0 Å². The Labute approximate surface area is 131 Å². The van der Waals surface area contributed by atoms with E-state index in [9.17, 15) is 9.18 Å². The lowest BCUT2D eigenvalue weighted by atomic mass is 10.2. The van der Waals surface area contributed by atoms with Crippen LogP contribution in [0.1, 0.15) is 30.4 Å². The second-order valence-electron chi connectivity index (χ2n) is 5.24. The molecular formula is C16H16FN3OS. The Kier molecular flexibility index (Phi) is 4.02. The van der Waals surface area contributed by atoms with Gasteiger partial charge in [-0.2, -0.15) is 4.37 Å². The van der Waals surface area contributed by atoms with Gasteiger partial charge in [-0.3, -0.25) is 9.36 Å². The summed E-state index contributed by atoms with van der Waals surface area (Å²) in [6.45, 7) is 4.27. The van der Waals surface area contributed by atoms with Gasteiger partial charge in [-0.1, -0.05) is 19.1 Å². The lowest BCUT2D eigenvalue weighted by molar-refractivity contribution is 0.624. The van der Waals surface area contributed by atoms with Gasteiger partial charge in [0.1, 0.15) is 11.6 Å². The van der Waals surface area contributed by atoms with Crippen molar-refractivity contribution in [2.45, 2.75) is 33.2 Å². The van der Waals surface area contributed by atoms with Crippen molar-refractivity contribution in [1.29, 1.82) is 0 Å². The largest absolute Gasteiger partial charge is 0.292 e. The minimum absolute atomic E-state index is 0.0657. The van der Waals surface area contributed by atoms with Crippen LogP contribution < -0.4 is 5.56 Å². The predicted molar refractivity (Wildman–Crippen MR) is 85.9 cm³/mol. The fourth-order valence-corrected chi connectivity index (χ4v) is 3.25. The van der Waals surface area contributed by atoms with Gasteiger partial charge in [-0.15, -0.1) is 0 Å². The lowest BCUT2D eigenvalue weighted by Crippen LogP contribution is -2.26. The van der Waals surface area contributed by atoms with Gasteiger partial charge in [0.15, 0.2) is 4.83 Å². The number of hydrogen-bond donors (Lipinski definition) is 0. The molecule has 0 saturated carbocycles. The van der Waals surface area contributed by atoms with Crippen LogP contribution >= 0.6 is 11.5 Å². The first kappa shape index (κ1) is 14.8. The molecule has 1 aromatic carbocycles. The summed E-state index contributed by atoms with van der Waals surface area (Å²) >= 11 is 1.26. The molecule has 6 heteroatoms. The zero-order valence-electron chi connectivity index (χ0n) is 12.5. The lowest BCUT2D eigenvalue weighted by Gasteiger charge is -2.12. The monoisotopic (exact) mass is 317 g/mol. The predicted octanol–water partition coefficient (Wildman–Crippen LogP) is 3.30. The quantitative estimate of drug-likeness (QED) is 0.742. The standard InChI is InChI=1S/C16H16FN3OS/c1-3-4-13-18-15-14(10(2)19-22-15)16(21)20(13)9-11-5-7-12(17)8-6-11/h5-8H,3-4,9H2,1-2H3. The fraction of sp³-hybridized carbons (Fsp3) is 0.312. The molecule has 2 heterocycles. The number of benzene rings is 1. The molecule has 0 radical (unpaired) electrons. The Balaban J connectivity index is 2.14. The van der Waals surface area contributed by atoms with Crippen LogP contribution in [0.2, 0.25) is 0 Å². The Morgan fingerprint density at radius 1 is 1.27 bits per heavy atom. The molecule has 0 amide bonds.